The van der Waals surface area contributed by atoms with Gasteiger partial charge in [-0.05, 0) is 11.6 Å². The molecule has 0 unspecified atom stereocenters. The zero-order valence-corrected chi connectivity index (χ0v) is 7.70. The van der Waals surface area contributed by atoms with E-state index < -0.39 is 0 Å². The van der Waals surface area contributed by atoms with E-state index in [4.69, 9.17) is 6.57 Å². The van der Waals surface area contributed by atoms with Gasteiger partial charge in [0, 0.05) is 11.8 Å². The number of benzene rings is 1. The van der Waals surface area contributed by atoms with Crippen LogP contribution in [-0.2, 0) is 6.54 Å². The van der Waals surface area contributed by atoms with Crippen molar-refractivity contribution in [1.29, 1.82) is 0 Å². The molecular weight excluding hydrogens is 172 g/mol. The topological polar surface area (TPSA) is 20.1 Å². The van der Waals surface area contributed by atoms with E-state index in [1.54, 1.807) is 0 Å². The Morgan fingerprint density at radius 1 is 1.14 bits per heavy atom. The minimum atomic E-state index is 0.414. The van der Waals surface area contributed by atoms with Crippen LogP contribution >= 0.6 is 0 Å². The van der Waals surface area contributed by atoms with Crippen molar-refractivity contribution >= 4 is 0 Å². The summed E-state index contributed by atoms with van der Waals surface area (Å²) in [6.45, 7) is 7.26. The van der Waals surface area contributed by atoms with Crippen LogP contribution in [0.4, 0.5) is 0 Å². The predicted molar refractivity (Wildman–Crippen MR) is 56.5 cm³/mol. The average molecular weight is 182 g/mol. The van der Waals surface area contributed by atoms with Crippen molar-refractivity contribution in [2.24, 2.45) is 0 Å². The molecule has 2 nitrogen and oxygen atoms in total. The third kappa shape index (κ3) is 1.53. The summed E-state index contributed by atoms with van der Waals surface area (Å²) < 4.78 is 0. The second-order valence-electron chi connectivity index (χ2n) is 3.05. The Kier molecular flexibility index (Phi) is 2.33. The number of hydrogen-bond donors (Lipinski definition) is 1. The van der Waals surface area contributed by atoms with Crippen LogP contribution in [-0.4, -0.2) is 4.98 Å². The first kappa shape index (κ1) is 8.58. The molecule has 0 fully saturated rings. The maximum absolute atomic E-state index is 6.84. The minimum absolute atomic E-state index is 0.414. The van der Waals surface area contributed by atoms with Gasteiger partial charge in [0.1, 0.15) is 5.69 Å². The van der Waals surface area contributed by atoms with Crippen molar-refractivity contribution in [3.8, 4) is 11.1 Å². The summed E-state index contributed by atoms with van der Waals surface area (Å²) in [6.07, 6.45) is 1.88. The molecule has 0 amide bonds. The Labute approximate surface area is 83.0 Å². The molecule has 1 aromatic heterocycles. The highest BCUT2D eigenvalue weighted by molar-refractivity contribution is 5.66. The van der Waals surface area contributed by atoms with Gasteiger partial charge in [0.2, 0.25) is 0 Å². The molecule has 2 rings (SSSR count). The summed E-state index contributed by atoms with van der Waals surface area (Å²) in [7, 11) is 0. The second kappa shape index (κ2) is 3.80. The molecule has 0 aliphatic carbocycles. The first-order valence-corrected chi connectivity index (χ1v) is 4.46. The third-order valence-electron chi connectivity index (χ3n) is 2.15. The van der Waals surface area contributed by atoms with Gasteiger partial charge in [0.25, 0.3) is 6.54 Å². The quantitative estimate of drug-likeness (QED) is 0.689. The van der Waals surface area contributed by atoms with E-state index >= 15 is 0 Å². The third-order valence-corrected chi connectivity index (χ3v) is 2.15. The Bertz CT molecular complexity index is 449. The first-order chi connectivity index (χ1) is 6.92. The van der Waals surface area contributed by atoms with Crippen LogP contribution in [0.15, 0.2) is 42.6 Å². The monoisotopic (exact) mass is 182 g/mol. The fourth-order valence-electron chi connectivity index (χ4n) is 1.50. The van der Waals surface area contributed by atoms with E-state index in [0.29, 0.717) is 6.54 Å². The van der Waals surface area contributed by atoms with Crippen molar-refractivity contribution in [1.82, 2.24) is 4.98 Å². The lowest BCUT2D eigenvalue weighted by Gasteiger charge is -1.98. The number of nitrogens with one attached hydrogen (secondary N) is 1. The zero-order valence-electron chi connectivity index (χ0n) is 7.70. The van der Waals surface area contributed by atoms with E-state index in [1.807, 2.05) is 30.5 Å². The SMILES string of the molecule is [C-]#[N+]Cc1[nH]ccc1-c1ccccc1. The lowest BCUT2D eigenvalue weighted by Crippen LogP contribution is -1.83. The smallest absolute Gasteiger partial charge is 0.254 e. The Morgan fingerprint density at radius 2 is 1.93 bits per heavy atom. The Balaban J connectivity index is 2.43. The van der Waals surface area contributed by atoms with Crippen molar-refractivity contribution in [2.75, 3.05) is 0 Å². The van der Waals surface area contributed by atoms with E-state index in [9.17, 15) is 0 Å². The fraction of sp³-hybridized carbons (Fsp3) is 0.0833. The Morgan fingerprint density at radius 3 is 2.64 bits per heavy atom. The molecule has 0 atom stereocenters. The van der Waals surface area contributed by atoms with E-state index in [-0.39, 0.29) is 0 Å². The number of aromatic nitrogens is 1. The summed E-state index contributed by atoms with van der Waals surface area (Å²) in [5.41, 5.74) is 3.28. The molecule has 1 heterocycles. The molecule has 1 N–H and O–H groups in total. The van der Waals surface area contributed by atoms with Gasteiger partial charge < -0.3 is 9.83 Å². The van der Waals surface area contributed by atoms with Crippen LogP contribution in [0.1, 0.15) is 5.69 Å². The van der Waals surface area contributed by atoms with Gasteiger partial charge in [-0.25, -0.2) is 6.57 Å². The molecular formula is C12H10N2. The molecule has 1 aromatic carbocycles. The largest absolute Gasteiger partial charge is 0.358 e. The highest BCUT2D eigenvalue weighted by Gasteiger charge is 2.06. The highest BCUT2D eigenvalue weighted by Crippen LogP contribution is 2.22. The minimum Gasteiger partial charge on any atom is -0.358 e. The summed E-state index contributed by atoms with van der Waals surface area (Å²) >= 11 is 0. The fourth-order valence-corrected chi connectivity index (χ4v) is 1.50. The van der Waals surface area contributed by atoms with Gasteiger partial charge in [-0.15, -0.1) is 0 Å². The van der Waals surface area contributed by atoms with Crippen LogP contribution in [0.5, 0.6) is 0 Å². The maximum Gasteiger partial charge on any atom is 0.254 e. The number of hydrogen-bond acceptors (Lipinski definition) is 0. The standard InChI is InChI=1S/C12H10N2/c1-13-9-12-11(7-8-14-12)10-5-3-2-4-6-10/h2-8,14H,9H2. The molecule has 0 radical (unpaired) electrons. The van der Waals surface area contributed by atoms with Crippen LogP contribution in [0, 0.1) is 6.57 Å². The molecule has 0 aliphatic heterocycles. The molecule has 0 saturated carbocycles. The number of rotatable bonds is 2. The molecule has 0 aliphatic rings. The molecule has 0 bridgehead atoms. The molecule has 2 heteroatoms. The highest BCUT2D eigenvalue weighted by atomic mass is 14.8. The average Bonchev–Trinajstić information content (AvgIpc) is 2.68. The molecule has 68 valence electrons. The molecule has 0 spiro atoms. The normalized spacial score (nSPS) is 9.64. The first-order valence-electron chi connectivity index (χ1n) is 4.46. The summed E-state index contributed by atoms with van der Waals surface area (Å²) in [5, 5.41) is 0. The summed E-state index contributed by atoms with van der Waals surface area (Å²) in [6, 6.07) is 12.1. The van der Waals surface area contributed by atoms with E-state index in [2.05, 4.69) is 22.0 Å². The van der Waals surface area contributed by atoms with Crippen LogP contribution in [0.3, 0.4) is 0 Å². The maximum atomic E-state index is 6.84. The predicted octanol–water partition coefficient (Wildman–Crippen LogP) is 3.10. The van der Waals surface area contributed by atoms with Gasteiger partial charge in [0.15, 0.2) is 0 Å². The summed E-state index contributed by atoms with van der Waals surface area (Å²) in [5.74, 6) is 0. The van der Waals surface area contributed by atoms with Crippen LogP contribution in [0.2, 0.25) is 0 Å². The number of aromatic amines is 1. The molecule has 2 aromatic rings. The lowest BCUT2D eigenvalue weighted by atomic mass is 10.1. The molecule has 14 heavy (non-hydrogen) atoms. The van der Waals surface area contributed by atoms with Crippen LogP contribution < -0.4 is 0 Å². The van der Waals surface area contributed by atoms with Gasteiger partial charge in [-0.2, -0.15) is 0 Å². The van der Waals surface area contributed by atoms with Crippen LogP contribution in [0.25, 0.3) is 16.0 Å². The van der Waals surface area contributed by atoms with Gasteiger partial charge in [-0.1, -0.05) is 30.3 Å². The summed E-state index contributed by atoms with van der Waals surface area (Å²) in [4.78, 5) is 6.47. The van der Waals surface area contributed by atoms with Gasteiger partial charge in [-0.3, -0.25) is 0 Å². The van der Waals surface area contributed by atoms with Gasteiger partial charge in [0.05, 0.1) is 0 Å². The lowest BCUT2D eigenvalue weighted by molar-refractivity contribution is 1.15. The van der Waals surface area contributed by atoms with Crippen molar-refractivity contribution < 1.29 is 0 Å². The van der Waals surface area contributed by atoms with Crippen molar-refractivity contribution in [3.05, 3.63) is 59.7 Å². The Hall–Kier alpha value is -2.01. The molecule has 0 saturated heterocycles. The van der Waals surface area contributed by atoms with E-state index in [1.165, 1.54) is 0 Å². The van der Waals surface area contributed by atoms with E-state index in [0.717, 1.165) is 16.8 Å². The second-order valence-corrected chi connectivity index (χ2v) is 3.05. The van der Waals surface area contributed by atoms with Gasteiger partial charge >= 0.3 is 0 Å². The van der Waals surface area contributed by atoms with Crippen molar-refractivity contribution in [3.63, 3.8) is 0 Å². The number of H-pyrrole nitrogens is 1. The zero-order chi connectivity index (χ0) is 9.80. The number of nitrogens with zero attached hydrogens (tertiary/aromatic N) is 1. The van der Waals surface area contributed by atoms with Crippen molar-refractivity contribution in [2.45, 2.75) is 6.54 Å².